The van der Waals surface area contributed by atoms with Crippen LogP contribution in [0.3, 0.4) is 0 Å². The standard InChI is InChI=1S/C10H15N3O3S/c11-8(17)4-12-9(14)10(15)13-6-3-5-1-2-7(6)16-5/h5-7H,1-4H2,(H2,11,17)(H,12,14)(H,13,15). The van der Waals surface area contributed by atoms with E-state index >= 15 is 0 Å². The van der Waals surface area contributed by atoms with Crippen LogP contribution in [-0.4, -0.2) is 41.6 Å². The van der Waals surface area contributed by atoms with Gasteiger partial charge in [0, 0.05) is 0 Å². The molecule has 0 aromatic carbocycles. The number of rotatable bonds is 3. The monoisotopic (exact) mass is 257 g/mol. The molecule has 6 nitrogen and oxygen atoms in total. The maximum atomic E-state index is 11.5. The van der Waals surface area contributed by atoms with E-state index in [1.807, 2.05) is 0 Å². The Kier molecular flexibility index (Phi) is 3.58. The van der Waals surface area contributed by atoms with Crippen LogP contribution in [0.1, 0.15) is 19.3 Å². The summed E-state index contributed by atoms with van der Waals surface area (Å²) in [6.45, 7) is 0.0365. The Morgan fingerprint density at radius 2 is 2.12 bits per heavy atom. The Balaban J connectivity index is 1.77. The number of fused-ring (bicyclic) bond motifs is 2. The quantitative estimate of drug-likeness (QED) is 0.437. The summed E-state index contributed by atoms with van der Waals surface area (Å²) in [5.41, 5.74) is 5.22. The maximum Gasteiger partial charge on any atom is 0.309 e. The van der Waals surface area contributed by atoms with E-state index in [1.54, 1.807) is 0 Å². The largest absolute Gasteiger partial charge is 0.392 e. The molecular weight excluding hydrogens is 242 g/mol. The average molecular weight is 257 g/mol. The molecule has 7 heteroatoms. The minimum atomic E-state index is -0.708. The number of nitrogens with one attached hydrogen (secondary N) is 2. The zero-order valence-electron chi connectivity index (χ0n) is 9.27. The topological polar surface area (TPSA) is 93.5 Å². The molecule has 2 amide bonds. The van der Waals surface area contributed by atoms with Crippen LogP contribution in [0.2, 0.25) is 0 Å². The third-order valence-corrected chi connectivity index (χ3v) is 3.20. The van der Waals surface area contributed by atoms with Crippen LogP contribution < -0.4 is 16.4 Å². The first-order valence-electron chi connectivity index (χ1n) is 5.58. The van der Waals surface area contributed by atoms with Crippen molar-refractivity contribution >= 4 is 29.0 Å². The van der Waals surface area contributed by atoms with Crippen LogP contribution in [0.15, 0.2) is 0 Å². The van der Waals surface area contributed by atoms with Gasteiger partial charge in [-0.15, -0.1) is 0 Å². The summed E-state index contributed by atoms with van der Waals surface area (Å²) < 4.78 is 5.58. The molecule has 3 atom stereocenters. The van der Waals surface area contributed by atoms with Crippen molar-refractivity contribution in [1.82, 2.24) is 10.6 Å². The Morgan fingerprint density at radius 3 is 2.65 bits per heavy atom. The number of thiocarbonyl (C=S) groups is 1. The fourth-order valence-electron chi connectivity index (χ4n) is 2.27. The Bertz CT molecular complexity index is 361. The lowest BCUT2D eigenvalue weighted by atomic mass is 9.95. The van der Waals surface area contributed by atoms with Gasteiger partial charge in [-0.05, 0) is 19.3 Å². The van der Waals surface area contributed by atoms with E-state index in [9.17, 15) is 9.59 Å². The fourth-order valence-corrected chi connectivity index (χ4v) is 2.34. The molecule has 2 aliphatic rings. The number of carbonyl (C=O) groups excluding carboxylic acids is 2. The van der Waals surface area contributed by atoms with Crippen LogP contribution in [0.4, 0.5) is 0 Å². The van der Waals surface area contributed by atoms with Gasteiger partial charge in [-0.1, -0.05) is 12.2 Å². The molecule has 4 N–H and O–H groups in total. The van der Waals surface area contributed by atoms with E-state index in [0.717, 1.165) is 19.3 Å². The summed E-state index contributed by atoms with van der Waals surface area (Å²) in [4.78, 5) is 23.0. The second-order valence-electron chi connectivity index (χ2n) is 4.34. The van der Waals surface area contributed by atoms with Crippen molar-refractivity contribution < 1.29 is 14.3 Å². The van der Waals surface area contributed by atoms with Gasteiger partial charge in [-0.25, -0.2) is 0 Å². The molecule has 0 radical (unpaired) electrons. The minimum absolute atomic E-state index is 0.0365. The van der Waals surface area contributed by atoms with Crippen LogP contribution >= 0.6 is 12.2 Å². The lowest BCUT2D eigenvalue weighted by Crippen LogP contribution is -2.49. The number of hydrogen-bond donors (Lipinski definition) is 3. The molecule has 2 bridgehead atoms. The first-order chi connectivity index (χ1) is 8.06. The number of amides is 2. The maximum absolute atomic E-state index is 11.5. The molecule has 17 heavy (non-hydrogen) atoms. The van der Waals surface area contributed by atoms with Crippen LogP contribution in [-0.2, 0) is 14.3 Å². The van der Waals surface area contributed by atoms with Crippen molar-refractivity contribution in [3.63, 3.8) is 0 Å². The number of carbonyl (C=O) groups is 2. The predicted molar refractivity (Wildman–Crippen MR) is 64.2 cm³/mol. The predicted octanol–water partition coefficient (Wildman–Crippen LogP) is -1.18. The molecule has 3 unspecified atom stereocenters. The second-order valence-corrected chi connectivity index (χ2v) is 4.86. The lowest BCUT2D eigenvalue weighted by molar-refractivity contribution is -0.139. The van der Waals surface area contributed by atoms with Gasteiger partial charge in [0.05, 0.1) is 29.8 Å². The van der Waals surface area contributed by atoms with Gasteiger partial charge in [0.2, 0.25) is 0 Å². The molecule has 2 heterocycles. The van der Waals surface area contributed by atoms with E-state index < -0.39 is 11.8 Å². The summed E-state index contributed by atoms with van der Waals surface area (Å²) in [6, 6.07) is -0.0446. The van der Waals surface area contributed by atoms with Gasteiger partial charge < -0.3 is 21.1 Å². The molecule has 0 aromatic rings. The zero-order chi connectivity index (χ0) is 12.4. The summed E-state index contributed by atoms with van der Waals surface area (Å²) in [6.07, 6.45) is 3.09. The molecule has 2 aliphatic heterocycles. The molecule has 0 spiro atoms. The van der Waals surface area contributed by atoms with Gasteiger partial charge in [0.15, 0.2) is 0 Å². The van der Waals surface area contributed by atoms with Crippen molar-refractivity contribution in [1.29, 1.82) is 0 Å². The number of hydrogen-bond acceptors (Lipinski definition) is 4. The average Bonchev–Trinajstić information content (AvgIpc) is 2.87. The normalized spacial score (nSPS) is 30.0. The van der Waals surface area contributed by atoms with Gasteiger partial charge in [-0.2, -0.15) is 0 Å². The van der Waals surface area contributed by atoms with E-state index in [0.29, 0.717) is 0 Å². The highest BCUT2D eigenvalue weighted by Crippen LogP contribution is 2.34. The lowest BCUT2D eigenvalue weighted by Gasteiger charge is -2.19. The highest BCUT2D eigenvalue weighted by molar-refractivity contribution is 7.80. The van der Waals surface area contributed by atoms with Crippen molar-refractivity contribution in [2.45, 2.75) is 37.5 Å². The highest BCUT2D eigenvalue weighted by atomic mass is 32.1. The number of ether oxygens (including phenoxy) is 1. The molecular formula is C10H15N3O3S. The van der Waals surface area contributed by atoms with Gasteiger partial charge in [0.25, 0.3) is 0 Å². The van der Waals surface area contributed by atoms with Crippen LogP contribution in [0, 0.1) is 0 Å². The summed E-state index contributed by atoms with van der Waals surface area (Å²) >= 11 is 4.60. The molecule has 2 saturated heterocycles. The molecule has 2 rings (SSSR count). The van der Waals surface area contributed by atoms with Crippen LogP contribution in [0.25, 0.3) is 0 Å². The minimum Gasteiger partial charge on any atom is -0.392 e. The second kappa shape index (κ2) is 4.97. The van der Waals surface area contributed by atoms with Crippen molar-refractivity contribution in [3.8, 4) is 0 Å². The molecule has 2 fully saturated rings. The smallest absolute Gasteiger partial charge is 0.309 e. The Morgan fingerprint density at radius 1 is 1.35 bits per heavy atom. The van der Waals surface area contributed by atoms with Crippen molar-refractivity contribution in [2.24, 2.45) is 5.73 Å². The Labute approximate surface area is 104 Å². The molecule has 0 aliphatic carbocycles. The van der Waals surface area contributed by atoms with E-state index in [4.69, 9.17) is 10.5 Å². The van der Waals surface area contributed by atoms with Gasteiger partial charge >= 0.3 is 11.8 Å². The van der Waals surface area contributed by atoms with E-state index in [2.05, 4.69) is 22.9 Å². The molecule has 0 aromatic heterocycles. The van der Waals surface area contributed by atoms with E-state index in [1.165, 1.54) is 0 Å². The molecule has 94 valence electrons. The summed E-state index contributed by atoms with van der Waals surface area (Å²) in [7, 11) is 0. The highest BCUT2D eigenvalue weighted by Gasteiger charge is 2.41. The van der Waals surface area contributed by atoms with Gasteiger partial charge in [0.1, 0.15) is 0 Å². The summed E-state index contributed by atoms with van der Waals surface area (Å²) in [5, 5.41) is 5.02. The third kappa shape index (κ3) is 2.92. The first-order valence-corrected chi connectivity index (χ1v) is 5.99. The van der Waals surface area contributed by atoms with Crippen molar-refractivity contribution in [2.75, 3.05) is 6.54 Å². The van der Waals surface area contributed by atoms with Crippen molar-refractivity contribution in [3.05, 3.63) is 0 Å². The van der Waals surface area contributed by atoms with E-state index in [-0.39, 0.29) is 29.8 Å². The zero-order valence-corrected chi connectivity index (χ0v) is 10.1. The SMILES string of the molecule is NC(=S)CNC(=O)C(=O)NC1CC2CCC1O2. The fraction of sp³-hybridized carbons (Fsp3) is 0.700. The first kappa shape index (κ1) is 12.3. The van der Waals surface area contributed by atoms with Crippen LogP contribution in [0.5, 0.6) is 0 Å². The van der Waals surface area contributed by atoms with Gasteiger partial charge in [-0.3, -0.25) is 9.59 Å². The number of nitrogens with two attached hydrogens (primary N) is 1. The Hall–Kier alpha value is -1.21. The summed E-state index contributed by atoms with van der Waals surface area (Å²) in [5.74, 6) is -1.36. The third-order valence-electron chi connectivity index (χ3n) is 3.05. The molecule has 0 saturated carbocycles.